The van der Waals surface area contributed by atoms with Crippen molar-refractivity contribution < 1.29 is 23.3 Å². The largest absolute Gasteiger partial charge is 0.416 e. The highest BCUT2D eigenvalue weighted by molar-refractivity contribution is 5.93. The standard InChI is InChI=1S/C18H19F3N2O/c1-12-6-8-14(9-7-12)11-22-13(2)17(24)23-16-5-3-4-15(10-16)18(19,20)21/h3-10,13,22H,11H2,1-2H3,(H,23,24)/p+1/t13-/m0/s1. The third-order valence-corrected chi connectivity index (χ3v) is 3.70. The SMILES string of the molecule is Cc1ccc(C[NH2+][C@@H](C)C(=O)Nc2cccc(C(F)(F)F)c2)cc1. The monoisotopic (exact) mass is 337 g/mol. The van der Waals surface area contributed by atoms with Crippen LogP contribution >= 0.6 is 0 Å². The Kier molecular flexibility index (Phi) is 5.62. The van der Waals surface area contributed by atoms with Crippen LogP contribution in [0, 0.1) is 6.92 Å². The molecule has 128 valence electrons. The number of amides is 1. The molecule has 1 amide bonds. The molecule has 2 aromatic rings. The highest BCUT2D eigenvalue weighted by Gasteiger charge is 2.30. The van der Waals surface area contributed by atoms with Gasteiger partial charge in [0, 0.05) is 11.3 Å². The number of nitrogens with one attached hydrogen (secondary N) is 1. The van der Waals surface area contributed by atoms with Gasteiger partial charge in [-0.1, -0.05) is 35.9 Å². The van der Waals surface area contributed by atoms with Crippen molar-refractivity contribution in [2.45, 2.75) is 32.6 Å². The molecule has 0 saturated heterocycles. The summed E-state index contributed by atoms with van der Waals surface area (Å²) < 4.78 is 38.0. The molecule has 3 nitrogen and oxygen atoms in total. The molecular formula is C18H20F3N2O+. The predicted octanol–water partition coefficient (Wildman–Crippen LogP) is 3.10. The van der Waals surface area contributed by atoms with Gasteiger partial charge in [0.05, 0.1) is 5.56 Å². The molecule has 2 rings (SSSR count). The number of aryl methyl sites for hydroxylation is 1. The second-order valence-corrected chi connectivity index (χ2v) is 5.78. The lowest BCUT2D eigenvalue weighted by Gasteiger charge is -2.13. The highest BCUT2D eigenvalue weighted by atomic mass is 19.4. The van der Waals surface area contributed by atoms with Crippen LogP contribution in [-0.4, -0.2) is 11.9 Å². The van der Waals surface area contributed by atoms with Crippen LogP contribution in [0.4, 0.5) is 18.9 Å². The second kappa shape index (κ2) is 7.49. The molecule has 6 heteroatoms. The summed E-state index contributed by atoms with van der Waals surface area (Å²) in [4.78, 5) is 12.1. The topological polar surface area (TPSA) is 45.7 Å². The minimum absolute atomic E-state index is 0.144. The first-order valence-corrected chi connectivity index (χ1v) is 7.62. The van der Waals surface area contributed by atoms with Crippen LogP contribution in [0.2, 0.25) is 0 Å². The number of benzene rings is 2. The summed E-state index contributed by atoms with van der Waals surface area (Å²) in [5.74, 6) is -0.332. The molecule has 0 bridgehead atoms. The van der Waals surface area contributed by atoms with E-state index in [0.29, 0.717) is 6.54 Å². The number of hydrogen-bond donors (Lipinski definition) is 2. The Bertz CT molecular complexity index is 696. The molecule has 0 aromatic heterocycles. The second-order valence-electron chi connectivity index (χ2n) is 5.78. The van der Waals surface area contributed by atoms with Gasteiger partial charge < -0.3 is 10.6 Å². The third-order valence-electron chi connectivity index (χ3n) is 3.70. The predicted molar refractivity (Wildman–Crippen MR) is 86.3 cm³/mol. The Morgan fingerprint density at radius 3 is 2.46 bits per heavy atom. The molecule has 0 fully saturated rings. The van der Waals surface area contributed by atoms with E-state index in [9.17, 15) is 18.0 Å². The van der Waals surface area contributed by atoms with E-state index in [2.05, 4.69) is 5.32 Å². The molecule has 0 aliphatic carbocycles. The molecule has 0 heterocycles. The van der Waals surface area contributed by atoms with Gasteiger partial charge in [-0.05, 0) is 32.0 Å². The zero-order chi connectivity index (χ0) is 17.7. The lowest BCUT2D eigenvalue weighted by atomic mass is 10.1. The Balaban J connectivity index is 1.93. The first-order valence-electron chi connectivity index (χ1n) is 7.62. The van der Waals surface area contributed by atoms with Gasteiger partial charge in [-0.3, -0.25) is 4.79 Å². The first-order chi connectivity index (χ1) is 11.3. The zero-order valence-electron chi connectivity index (χ0n) is 13.5. The minimum atomic E-state index is -4.43. The lowest BCUT2D eigenvalue weighted by Crippen LogP contribution is -2.90. The van der Waals surface area contributed by atoms with Gasteiger partial charge in [-0.25, -0.2) is 0 Å². The lowest BCUT2D eigenvalue weighted by molar-refractivity contribution is -0.688. The highest BCUT2D eigenvalue weighted by Crippen LogP contribution is 2.30. The molecule has 0 aliphatic rings. The van der Waals surface area contributed by atoms with E-state index < -0.39 is 17.8 Å². The quantitative estimate of drug-likeness (QED) is 0.865. The summed E-state index contributed by atoms with van der Waals surface area (Å²) in [6.45, 7) is 4.34. The number of alkyl halides is 3. The van der Waals surface area contributed by atoms with Crippen molar-refractivity contribution in [1.29, 1.82) is 0 Å². The van der Waals surface area contributed by atoms with E-state index in [-0.39, 0.29) is 11.6 Å². The van der Waals surface area contributed by atoms with Crippen LogP contribution in [0.3, 0.4) is 0 Å². The molecule has 0 radical (unpaired) electrons. The van der Waals surface area contributed by atoms with Gasteiger partial charge in [0.2, 0.25) is 0 Å². The Morgan fingerprint density at radius 1 is 1.17 bits per heavy atom. The van der Waals surface area contributed by atoms with Crippen molar-refractivity contribution in [1.82, 2.24) is 0 Å². The van der Waals surface area contributed by atoms with Gasteiger partial charge in [-0.2, -0.15) is 13.2 Å². The van der Waals surface area contributed by atoms with Crippen LogP contribution in [0.15, 0.2) is 48.5 Å². The van der Waals surface area contributed by atoms with Crippen LogP contribution in [-0.2, 0) is 17.5 Å². The Labute approximate surface area is 138 Å². The zero-order valence-corrected chi connectivity index (χ0v) is 13.5. The van der Waals surface area contributed by atoms with E-state index in [0.717, 1.165) is 23.3 Å². The van der Waals surface area contributed by atoms with Crippen molar-refractivity contribution in [2.75, 3.05) is 5.32 Å². The number of carbonyl (C=O) groups excluding carboxylic acids is 1. The summed E-state index contributed by atoms with van der Waals surface area (Å²) in [5.41, 5.74) is 1.61. The Hall–Kier alpha value is -2.34. The summed E-state index contributed by atoms with van der Waals surface area (Å²) >= 11 is 0. The molecule has 0 saturated carbocycles. The summed E-state index contributed by atoms with van der Waals surface area (Å²) in [6.07, 6.45) is -4.43. The molecule has 1 atom stereocenters. The number of hydrogen-bond acceptors (Lipinski definition) is 1. The molecule has 0 aliphatic heterocycles. The molecular weight excluding hydrogens is 317 g/mol. The van der Waals surface area contributed by atoms with Gasteiger partial charge in [0.25, 0.3) is 5.91 Å². The minimum Gasteiger partial charge on any atom is -0.333 e. The van der Waals surface area contributed by atoms with Gasteiger partial charge >= 0.3 is 6.18 Å². The summed E-state index contributed by atoms with van der Waals surface area (Å²) in [7, 11) is 0. The van der Waals surface area contributed by atoms with Gasteiger partial charge in [-0.15, -0.1) is 0 Å². The van der Waals surface area contributed by atoms with E-state index >= 15 is 0 Å². The number of nitrogens with two attached hydrogens (primary N) is 1. The fourth-order valence-electron chi connectivity index (χ4n) is 2.17. The third kappa shape index (κ3) is 5.09. The van der Waals surface area contributed by atoms with E-state index in [1.807, 2.05) is 36.5 Å². The number of rotatable bonds is 5. The van der Waals surface area contributed by atoms with Crippen molar-refractivity contribution in [2.24, 2.45) is 0 Å². The van der Waals surface area contributed by atoms with Crippen molar-refractivity contribution in [3.8, 4) is 0 Å². The van der Waals surface area contributed by atoms with Crippen LogP contribution in [0.1, 0.15) is 23.6 Å². The molecule has 0 spiro atoms. The van der Waals surface area contributed by atoms with E-state index in [4.69, 9.17) is 0 Å². The Morgan fingerprint density at radius 2 is 1.83 bits per heavy atom. The number of carbonyl (C=O) groups is 1. The normalized spacial score (nSPS) is 12.7. The maximum absolute atomic E-state index is 12.7. The van der Waals surface area contributed by atoms with Crippen LogP contribution in [0.5, 0.6) is 0 Å². The molecule has 0 unspecified atom stereocenters. The average molecular weight is 337 g/mol. The first kappa shape index (κ1) is 18.0. The number of quaternary nitrogens is 1. The van der Waals surface area contributed by atoms with Crippen LogP contribution < -0.4 is 10.6 Å². The van der Waals surface area contributed by atoms with E-state index in [1.54, 1.807) is 6.92 Å². The maximum Gasteiger partial charge on any atom is 0.416 e. The van der Waals surface area contributed by atoms with E-state index in [1.165, 1.54) is 12.1 Å². The average Bonchev–Trinajstić information content (AvgIpc) is 2.53. The summed E-state index contributed by atoms with van der Waals surface area (Å²) in [5, 5.41) is 4.37. The fourth-order valence-corrected chi connectivity index (χ4v) is 2.17. The molecule has 24 heavy (non-hydrogen) atoms. The van der Waals surface area contributed by atoms with Crippen molar-refractivity contribution in [3.63, 3.8) is 0 Å². The van der Waals surface area contributed by atoms with Crippen molar-refractivity contribution in [3.05, 3.63) is 65.2 Å². The smallest absolute Gasteiger partial charge is 0.333 e. The number of halogens is 3. The van der Waals surface area contributed by atoms with Gasteiger partial charge in [0.1, 0.15) is 6.54 Å². The van der Waals surface area contributed by atoms with Crippen LogP contribution in [0.25, 0.3) is 0 Å². The summed E-state index contributed by atoms with van der Waals surface area (Å²) in [6, 6.07) is 12.2. The van der Waals surface area contributed by atoms with Crippen molar-refractivity contribution >= 4 is 11.6 Å². The number of anilines is 1. The maximum atomic E-state index is 12.7. The molecule has 3 N–H and O–H groups in total. The van der Waals surface area contributed by atoms with Gasteiger partial charge in [0.15, 0.2) is 6.04 Å². The fraction of sp³-hybridized carbons (Fsp3) is 0.278. The molecule has 2 aromatic carbocycles.